The Bertz CT molecular complexity index is 373. The Morgan fingerprint density at radius 1 is 1.32 bits per heavy atom. The van der Waals surface area contributed by atoms with Crippen LogP contribution in [0.15, 0.2) is 0 Å². The number of likely N-dealkylation sites (tertiary alicyclic amines) is 1. The molecule has 6 nitrogen and oxygen atoms in total. The highest BCUT2D eigenvalue weighted by Crippen LogP contribution is 2.18. The van der Waals surface area contributed by atoms with Crippen LogP contribution < -0.4 is 11.1 Å². The van der Waals surface area contributed by atoms with Gasteiger partial charge in [-0.1, -0.05) is 6.92 Å². The number of carbonyl (C=O) groups excluding carboxylic acids is 2. The van der Waals surface area contributed by atoms with Crippen LogP contribution in [0.25, 0.3) is 0 Å². The molecule has 0 aromatic carbocycles. The van der Waals surface area contributed by atoms with E-state index >= 15 is 0 Å². The summed E-state index contributed by atoms with van der Waals surface area (Å²) < 4.78 is 0. The van der Waals surface area contributed by atoms with Gasteiger partial charge in [0.15, 0.2) is 0 Å². The predicted molar refractivity (Wildman–Crippen MR) is 72.5 cm³/mol. The minimum absolute atomic E-state index is 0.146. The quantitative estimate of drug-likeness (QED) is 0.705. The zero-order valence-corrected chi connectivity index (χ0v) is 12.0. The summed E-state index contributed by atoms with van der Waals surface area (Å²) in [6, 6.07) is -0.0901. The van der Waals surface area contributed by atoms with E-state index in [-0.39, 0.29) is 18.0 Å². The number of urea groups is 1. The first-order valence-electron chi connectivity index (χ1n) is 6.91. The van der Waals surface area contributed by atoms with Crippen molar-refractivity contribution in [2.75, 3.05) is 26.2 Å². The number of amides is 3. The smallest absolute Gasteiger partial charge is 0.325 e. The lowest BCUT2D eigenvalue weighted by Gasteiger charge is -2.35. The summed E-state index contributed by atoms with van der Waals surface area (Å²) in [5.41, 5.74) is 5.22. The molecule has 19 heavy (non-hydrogen) atoms. The second kappa shape index (κ2) is 5.09. The molecule has 0 aromatic rings. The number of carbonyl (C=O) groups is 2. The Balaban J connectivity index is 1.89. The molecule has 108 valence electrons. The first kappa shape index (κ1) is 14.3. The van der Waals surface area contributed by atoms with Crippen LogP contribution in [0, 0.1) is 5.92 Å². The molecule has 2 saturated heterocycles. The molecule has 0 saturated carbocycles. The van der Waals surface area contributed by atoms with E-state index in [1.54, 1.807) is 13.8 Å². The predicted octanol–water partition coefficient (Wildman–Crippen LogP) is -0.0141. The van der Waals surface area contributed by atoms with Gasteiger partial charge in [0.05, 0.1) is 0 Å². The fraction of sp³-hybridized carbons (Fsp3) is 0.846. The third-order valence-electron chi connectivity index (χ3n) is 3.85. The van der Waals surface area contributed by atoms with E-state index in [1.807, 2.05) is 0 Å². The Labute approximate surface area is 114 Å². The second-order valence-corrected chi connectivity index (χ2v) is 6.37. The summed E-state index contributed by atoms with van der Waals surface area (Å²) in [5, 5.41) is 2.69. The van der Waals surface area contributed by atoms with E-state index in [0.29, 0.717) is 19.0 Å². The van der Waals surface area contributed by atoms with Crippen molar-refractivity contribution in [2.45, 2.75) is 38.8 Å². The summed E-state index contributed by atoms with van der Waals surface area (Å²) >= 11 is 0. The monoisotopic (exact) mass is 268 g/mol. The molecule has 2 atom stereocenters. The van der Waals surface area contributed by atoms with Crippen molar-refractivity contribution >= 4 is 11.9 Å². The highest BCUT2D eigenvalue weighted by atomic mass is 16.2. The minimum Gasteiger partial charge on any atom is -0.327 e. The molecule has 0 aliphatic carbocycles. The molecule has 2 fully saturated rings. The lowest BCUT2D eigenvalue weighted by Crippen LogP contribution is -2.49. The van der Waals surface area contributed by atoms with Gasteiger partial charge in [-0.15, -0.1) is 0 Å². The Kier molecular flexibility index (Phi) is 3.82. The summed E-state index contributed by atoms with van der Waals surface area (Å²) in [7, 11) is 0. The molecule has 2 unspecified atom stereocenters. The maximum absolute atomic E-state index is 12.0. The zero-order chi connectivity index (χ0) is 14.2. The van der Waals surface area contributed by atoms with E-state index in [0.717, 1.165) is 19.5 Å². The van der Waals surface area contributed by atoms with Crippen LogP contribution in [0.5, 0.6) is 0 Å². The number of nitrogens with one attached hydrogen (secondary N) is 1. The van der Waals surface area contributed by atoms with Crippen molar-refractivity contribution in [1.82, 2.24) is 15.1 Å². The van der Waals surface area contributed by atoms with Crippen molar-refractivity contribution in [3.63, 3.8) is 0 Å². The molecule has 0 spiro atoms. The van der Waals surface area contributed by atoms with Crippen molar-refractivity contribution in [2.24, 2.45) is 11.7 Å². The Morgan fingerprint density at radius 3 is 2.53 bits per heavy atom. The normalized spacial score (nSPS) is 31.7. The van der Waals surface area contributed by atoms with E-state index in [1.165, 1.54) is 4.90 Å². The van der Waals surface area contributed by atoms with Crippen molar-refractivity contribution in [1.29, 1.82) is 0 Å². The third kappa shape index (κ3) is 3.06. The van der Waals surface area contributed by atoms with Gasteiger partial charge in [0, 0.05) is 32.2 Å². The summed E-state index contributed by atoms with van der Waals surface area (Å²) in [5.74, 6) is 0.426. The van der Waals surface area contributed by atoms with Crippen molar-refractivity contribution < 1.29 is 9.59 Å². The van der Waals surface area contributed by atoms with Gasteiger partial charge in [-0.25, -0.2) is 4.79 Å². The van der Waals surface area contributed by atoms with Gasteiger partial charge in [-0.05, 0) is 26.2 Å². The molecular weight excluding hydrogens is 244 g/mol. The summed E-state index contributed by atoms with van der Waals surface area (Å²) in [6.45, 7) is 8.61. The number of hydrogen-bond acceptors (Lipinski definition) is 4. The van der Waals surface area contributed by atoms with Crippen LogP contribution >= 0.6 is 0 Å². The van der Waals surface area contributed by atoms with Crippen LogP contribution in [0.1, 0.15) is 27.2 Å². The van der Waals surface area contributed by atoms with E-state index in [4.69, 9.17) is 5.73 Å². The van der Waals surface area contributed by atoms with Gasteiger partial charge < -0.3 is 11.1 Å². The number of imide groups is 1. The number of rotatable bonds is 3. The maximum atomic E-state index is 12.0. The van der Waals surface area contributed by atoms with Gasteiger partial charge in [0.25, 0.3) is 5.91 Å². The van der Waals surface area contributed by atoms with E-state index in [2.05, 4.69) is 17.1 Å². The molecule has 0 radical (unpaired) electrons. The fourth-order valence-corrected chi connectivity index (χ4v) is 2.96. The van der Waals surface area contributed by atoms with Gasteiger partial charge in [0.2, 0.25) is 0 Å². The molecule has 0 bridgehead atoms. The van der Waals surface area contributed by atoms with E-state index in [9.17, 15) is 9.59 Å². The fourth-order valence-electron chi connectivity index (χ4n) is 2.96. The van der Waals surface area contributed by atoms with Crippen LogP contribution in [0.3, 0.4) is 0 Å². The maximum Gasteiger partial charge on any atom is 0.325 e. The van der Waals surface area contributed by atoms with Crippen LogP contribution in [-0.2, 0) is 4.79 Å². The first-order chi connectivity index (χ1) is 8.79. The minimum atomic E-state index is -0.775. The molecule has 3 amide bonds. The molecular formula is C13H24N4O2. The molecule has 2 rings (SSSR count). The highest BCUT2D eigenvalue weighted by molar-refractivity contribution is 6.06. The topological polar surface area (TPSA) is 78.7 Å². The lowest BCUT2D eigenvalue weighted by molar-refractivity contribution is -0.130. The highest BCUT2D eigenvalue weighted by Gasteiger charge is 2.44. The van der Waals surface area contributed by atoms with Crippen LogP contribution in [0.2, 0.25) is 0 Å². The average Bonchev–Trinajstić information content (AvgIpc) is 2.45. The van der Waals surface area contributed by atoms with Crippen LogP contribution in [-0.4, -0.2) is 59.5 Å². The summed E-state index contributed by atoms with van der Waals surface area (Å²) in [6.07, 6.45) is 1.05. The Morgan fingerprint density at radius 2 is 2.00 bits per heavy atom. The Hall–Kier alpha value is -1.14. The molecule has 6 heteroatoms. The number of piperidine rings is 1. The van der Waals surface area contributed by atoms with Crippen molar-refractivity contribution in [3.8, 4) is 0 Å². The second-order valence-electron chi connectivity index (χ2n) is 6.37. The van der Waals surface area contributed by atoms with Gasteiger partial charge in [-0.2, -0.15) is 0 Å². The zero-order valence-electron chi connectivity index (χ0n) is 12.0. The third-order valence-corrected chi connectivity index (χ3v) is 3.85. The van der Waals surface area contributed by atoms with Crippen molar-refractivity contribution in [3.05, 3.63) is 0 Å². The van der Waals surface area contributed by atoms with Gasteiger partial charge >= 0.3 is 6.03 Å². The van der Waals surface area contributed by atoms with Crippen LogP contribution in [0.4, 0.5) is 4.79 Å². The number of nitrogens with two attached hydrogens (primary N) is 1. The first-order valence-corrected chi connectivity index (χ1v) is 6.91. The van der Waals surface area contributed by atoms with Gasteiger partial charge in [0.1, 0.15) is 5.54 Å². The molecule has 3 N–H and O–H groups in total. The number of nitrogens with zero attached hydrogens (tertiary/aromatic N) is 2. The average molecular weight is 268 g/mol. The summed E-state index contributed by atoms with van der Waals surface area (Å²) in [4.78, 5) is 27.3. The largest absolute Gasteiger partial charge is 0.327 e. The molecule has 0 aromatic heterocycles. The molecule has 2 heterocycles. The van der Waals surface area contributed by atoms with E-state index < -0.39 is 5.54 Å². The SMILES string of the molecule is CC1CC(N)CN(CCN2C(=O)NC(C)(C)C2=O)C1. The molecule has 2 aliphatic rings. The van der Waals surface area contributed by atoms with Gasteiger partial charge in [-0.3, -0.25) is 14.6 Å². The lowest BCUT2D eigenvalue weighted by atomic mass is 9.97. The standard InChI is InChI=1S/C13H24N4O2/c1-9-6-10(14)8-16(7-9)4-5-17-11(18)13(2,3)15-12(17)19/h9-10H,4-8,14H2,1-3H3,(H,15,19). The molecule has 2 aliphatic heterocycles. The number of hydrogen-bond donors (Lipinski definition) is 2.